The molecule has 0 bridgehead atoms. The Balaban J connectivity index is 1.71. The molecular weight excluding hydrogens is 392 g/mol. The van der Waals surface area contributed by atoms with E-state index in [4.69, 9.17) is 14.1 Å². The van der Waals surface area contributed by atoms with Gasteiger partial charge in [-0.1, -0.05) is 0 Å². The zero-order chi connectivity index (χ0) is 20.3. The summed E-state index contributed by atoms with van der Waals surface area (Å²) in [5.74, 6) is -0.588. The Morgan fingerprint density at radius 3 is 2.82 bits per heavy atom. The average Bonchev–Trinajstić information content (AvgIpc) is 3.26. The van der Waals surface area contributed by atoms with Gasteiger partial charge in [0.25, 0.3) is 0 Å². The number of hydrogen-bond donors (Lipinski definition) is 5. The third kappa shape index (κ3) is 4.91. The Hall–Kier alpha value is -2.38. The van der Waals surface area contributed by atoms with E-state index in [2.05, 4.69) is 15.3 Å². The van der Waals surface area contributed by atoms with Crippen LogP contribution in [0.1, 0.15) is 34.5 Å². The maximum atomic E-state index is 12.7. The molecular formula is C16H20N4O7S. The number of aliphatic hydroxyl groups excluding tert-OH is 2. The Morgan fingerprint density at radius 2 is 2.14 bits per heavy atom. The molecule has 5 N–H and O–H groups in total. The van der Waals surface area contributed by atoms with Gasteiger partial charge in [0.05, 0.1) is 24.5 Å². The van der Waals surface area contributed by atoms with Gasteiger partial charge in [-0.2, -0.15) is 13.1 Å². The number of carbonyl (C=O) groups is 1. The van der Waals surface area contributed by atoms with E-state index in [1.54, 1.807) is 0 Å². The molecule has 2 heterocycles. The van der Waals surface area contributed by atoms with Crippen molar-refractivity contribution in [3.8, 4) is 0 Å². The van der Waals surface area contributed by atoms with Crippen molar-refractivity contribution in [2.75, 3.05) is 11.9 Å². The summed E-state index contributed by atoms with van der Waals surface area (Å²) in [4.78, 5) is 20.6. The minimum Gasteiger partial charge on any atom is -0.460 e. The molecule has 1 aliphatic rings. The van der Waals surface area contributed by atoms with Crippen molar-refractivity contribution in [1.82, 2.24) is 14.7 Å². The molecule has 11 nitrogen and oxygen atoms in total. The van der Waals surface area contributed by atoms with Crippen molar-refractivity contribution < 1.29 is 32.4 Å². The second-order valence-electron chi connectivity index (χ2n) is 6.56. The first kappa shape index (κ1) is 20.4. The number of aromatic nitrogens is 2. The minimum atomic E-state index is -4.34. The fourth-order valence-corrected chi connectivity index (χ4v) is 3.59. The van der Waals surface area contributed by atoms with E-state index in [9.17, 15) is 18.3 Å². The predicted molar refractivity (Wildman–Crippen MR) is 95.8 cm³/mol. The Morgan fingerprint density at radius 1 is 1.36 bits per heavy atom. The molecule has 0 saturated heterocycles. The Bertz CT molecular complexity index is 946. The molecule has 0 aliphatic heterocycles. The van der Waals surface area contributed by atoms with Gasteiger partial charge in [0.15, 0.2) is 5.76 Å². The molecule has 12 heteroatoms. The van der Waals surface area contributed by atoms with Crippen LogP contribution in [0.4, 0.5) is 5.82 Å². The first-order valence-corrected chi connectivity index (χ1v) is 9.90. The van der Waals surface area contributed by atoms with Gasteiger partial charge in [0.2, 0.25) is 5.78 Å². The summed E-state index contributed by atoms with van der Waals surface area (Å²) >= 11 is 0. The summed E-state index contributed by atoms with van der Waals surface area (Å²) in [7, 11) is -4.34. The molecule has 0 spiro atoms. The molecule has 2 aromatic heterocycles. The van der Waals surface area contributed by atoms with Gasteiger partial charge in [0.1, 0.15) is 12.1 Å². The number of nitrogens with zero attached hydrogens (tertiary/aromatic N) is 2. The number of carbonyl (C=O) groups excluding carboxylic acids is 1. The Kier molecular flexibility index (Phi) is 6.05. The predicted octanol–water partition coefficient (Wildman–Crippen LogP) is -0.263. The topological polar surface area (TPSA) is 175 Å². The Labute approximate surface area is 160 Å². The van der Waals surface area contributed by atoms with Crippen molar-refractivity contribution in [3.05, 3.63) is 41.7 Å². The van der Waals surface area contributed by atoms with Crippen LogP contribution in [0, 0.1) is 5.92 Å². The zero-order valence-corrected chi connectivity index (χ0v) is 15.5. The van der Waals surface area contributed by atoms with Gasteiger partial charge in [-0.15, -0.1) is 0 Å². The average molecular weight is 412 g/mol. The number of furan rings is 1. The summed E-state index contributed by atoms with van der Waals surface area (Å²) < 4.78 is 37.5. The van der Waals surface area contributed by atoms with Crippen LogP contribution in [0.2, 0.25) is 0 Å². The summed E-state index contributed by atoms with van der Waals surface area (Å²) in [6.07, 6.45) is 3.81. The molecule has 152 valence electrons. The van der Waals surface area contributed by atoms with Crippen LogP contribution in [-0.2, 0) is 16.9 Å². The van der Waals surface area contributed by atoms with E-state index in [0.717, 1.165) is 0 Å². The third-order valence-electron chi connectivity index (χ3n) is 4.54. The van der Waals surface area contributed by atoms with E-state index >= 15 is 0 Å². The number of nitrogens with one attached hydrogen (secondary N) is 2. The first-order valence-electron chi connectivity index (χ1n) is 8.46. The van der Waals surface area contributed by atoms with Crippen LogP contribution in [0.3, 0.4) is 0 Å². The molecule has 1 aliphatic carbocycles. The van der Waals surface area contributed by atoms with Gasteiger partial charge in [-0.25, -0.2) is 9.97 Å². The third-order valence-corrected chi connectivity index (χ3v) is 5.07. The molecule has 0 radical (unpaired) electrons. The quantitative estimate of drug-likeness (QED) is 0.287. The fourth-order valence-electron chi connectivity index (χ4n) is 3.17. The van der Waals surface area contributed by atoms with E-state index in [1.165, 1.54) is 24.9 Å². The number of anilines is 1. The monoisotopic (exact) mass is 412 g/mol. The standard InChI is InChI=1S/C16H20N4O7S/c21-6-9-1-14(27-7-9)15(23)12-5-17-8-18-16(12)20-11-2-10(13(22)3-11)4-19-28(24,25)26/h1,5,7-8,10-11,13,19,21-22H,2-4,6H2,(H,17,18,20)(H,24,25,26)/t10-,11-,13+/m1/s1. The van der Waals surface area contributed by atoms with Gasteiger partial charge in [0, 0.05) is 30.3 Å². The van der Waals surface area contributed by atoms with Crippen molar-refractivity contribution in [1.29, 1.82) is 0 Å². The van der Waals surface area contributed by atoms with Crippen molar-refractivity contribution in [2.45, 2.75) is 31.6 Å². The summed E-state index contributed by atoms with van der Waals surface area (Å²) in [5.41, 5.74) is 0.623. The molecule has 0 amide bonds. The van der Waals surface area contributed by atoms with Crippen molar-refractivity contribution in [2.24, 2.45) is 5.92 Å². The lowest BCUT2D eigenvalue weighted by Gasteiger charge is -2.15. The SMILES string of the molecule is O=C(c1cc(CO)co1)c1cncnc1N[C@@H]1C[C@H](CNS(=O)(=O)O)[C@@H](O)C1. The highest BCUT2D eigenvalue weighted by atomic mass is 32.2. The van der Waals surface area contributed by atoms with Gasteiger partial charge < -0.3 is 19.9 Å². The molecule has 1 fully saturated rings. The highest BCUT2D eigenvalue weighted by Crippen LogP contribution is 2.29. The molecule has 2 aromatic rings. The van der Waals surface area contributed by atoms with Gasteiger partial charge in [-0.05, 0) is 18.9 Å². The van der Waals surface area contributed by atoms with Crippen molar-refractivity contribution >= 4 is 21.9 Å². The minimum absolute atomic E-state index is 0.0311. The molecule has 0 unspecified atom stereocenters. The highest BCUT2D eigenvalue weighted by Gasteiger charge is 2.34. The van der Waals surface area contributed by atoms with E-state index in [-0.39, 0.29) is 36.3 Å². The molecule has 3 rings (SSSR count). The number of aliphatic hydroxyl groups is 2. The lowest BCUT2D eigenvalue weighted by atomic mass is 10.1. The number of hydrogen-bond acceptors (Lipinski definition) is 9. The van der Waals surface area contributed by atoms with E-state index in [1.807, 2.05) is 4.72 Å². The zero-order valence-electron chi connectivity index (χ0n) is 14.6. The second kappa shape index (κ2) is 8.32. The summed E-state index contributed by atoms with van der Waals surface area (Å²) in [6.45, 7) is -0.365. The van der Waals surface area contributed by atoms with Crippen LogP contribution in [-0.4, -0.2) is 57.6 Å². The van der Waals surface area contributed by atoms with Crippen LogP contribution >= 0.6 is 0 Å². The lowest BCUT2D eigenvalue weighted by molar-refractivity contribution is 0.101. The van der Waals surface area contributed by atoms with Crippen LogP contribution in [0.5, 0.6) is 0 Å². The van der Waals surface area contributed by atoms with Crippen molar-refractivity contribution in [3.63, 3.8) is 0 Å². The van der Waals surface area contributed by atoms with E-state index in [0.29, 0.717) is 18.4 Å². The van der Waals surface area contributed by atoms with Gasteiger partial charge in [-0.3, -0.25) is 9.35 Å². The molecule has 1 saturated carbocycles. The molecule has 28 heavy (non-hydrogen) atoms. The number of rotatable bonds is 8. The lowest BCUT2D eigenvalue weighted by Crippen LogP contribution is -2.32. The summed E-state index contributed by atoms with van der Waals surface area (Å²) in [6, 6.07) is 1.16. The highest BCUT2D eigenvalue weighted by molar-refractivity contribution is 7.83. The summed E-state index contributed by atoms with van der Waals surface area (Å²) in [5, 5.41) is 22.3. The van der Waals surface area contributed by atoms with Crippen LogP contribution < -0.4 is 10.0 Å². The maximum Gasteiger partial charge on any atom is 0.333 e. The van der Waals surface area contributed by atoms with Crippen LogP contribution in [0.25, 0.3) is 0 Å². The normalized spacial score (nSPS) is 22.3. The smallest absolute Gasteiger partial charge is 0.333 e. The maximum absolute atomic E-state index is 12.7. The van der Waals surface area contributed by atoms with Gasteiger partial charge >= 0.3 is 10.3 Å². The second-order valence-corrected chi connectivity index (χ2v) is 7.79. The molecule has 0 aromatic carbocycles. The number of ketones is 1. The largest absolute Gasteiger partial charge is 0.460 e. The molecule has 3 atom stereocenters. The fraction of sp³-hybridized carbons (Fsp3) is 0.438. The first-order chi connectivity index (χ1) is 13.3. The van der Waals surface area contributed by atoms with E-state index < -0.39 is 28.1 Å². The van der Waals surface area contributed by atoms with Crippen LogP contribution in [0.15, 0.2) is 29.3 Å².